The molecule has 1 fully saturated rings. The van der Waals surface area contributed by atoms with Crippen molar-refractivity contribution in [3.63, 3.8) is 0 Å². The molecule has 1 saturated heterocycles. The van der Waals surface area contributed by atoms with Crippen molar-refractivity contribution in [2.45, 2.75) is 44.8 Å². The van der Waals surface area contributed by atoms with Crippen LogP contribution in [0.2, 0.25) is 0 Å². The molecule has 0 bridgehead atoms. The minimum absolute atomic E-state index is 0.0492. The van der Waals surface area contributed by atoms with Gasteiger partial charge in [0.15, 0.2) is 12.2 Å². The Hall–Kier alpha value is -0.550. The summed E-state index contributed by atoms with van der Waals surface area (Å²) in [6.07, 6.45) is 3.38. The van der Waals surface area contributed by atoms with Crippen molar-refractivity contribution in [3.8, 4) is 0 Å². The predicted molar refractivity (Wildman–Crippen MR) is 62.3 cm³/mol. The van der Waals surface area contributed by atoms with Crippen LogP contribution in [0.5, 0.6) is 0 Å². The summed E-state index contributed by atoms with van der Waals surface area (Å²) in [7, 11) is 1.30. The Bertz CT molecular complexity index is 254. The van der Waals surface area contributed by atoms with Gasteiger partial charge in [0.2, 0.25) is 5.12 Å². The third-order valence-corrected chi connectivity index (χ3v) is 3.41. The molecule has 1 heterocycles. The maximum Gasteiger partial charge on any atom is 0.338 e. The molecular weight excluding hydrogens is 228 g/mol. The van der Waals surface area contributed by atoms with E-state index in [0.29, 0.717) is 0 Å². The number of rotatable bonds is 7. The van der Waals surface area contributed by atoms with E-state index in [0.717, 1.165) is 18.6 Å². The number of carbonyl (C=O) groups excluding carboxylic acids is 2. The van der Waals surface area contributed by atoms with E-state index >= 15 is 0 Å². The van der Waals surface area contributed by atoms with Gasteiger partial charge in [0, 0.05) is 5.75 Å². The number of carbonyl (C=O) groups is 2. The van der Waals surface area contributed by atoms with Crippen LogP contribution in [-0.2, 0) is 19.1 Å². The molecule has 1 rings (SSSR count). The Morgan fingerprint density at radius 1 is 1.25 bits per heavy atom. The molecule has 0 aromatic carbocycles. The van der Waals surface area contributed by atoms with Gasteiger partial charge < -0.3 is 9.47 Å². The molecule has 0 aliphatic carbocycles. The number of unbranched alkanes of at least 4 members (excludes halogenated alkanes) is 3. The zero-order chi connectivity index (χ0) is 12.0. The van der Waals surface area contributed by atoms with Gasteiger partial charge in [-0.05, 0) is 6.42 Å². The summed E-state index contributed by atoms with van der Waals surface area (Å²) in [5, 5.41) is -0.0492. The van der Waals surface area contributed by atoms with Crippen LogP contribution in [0.25, 0.3) is 0 Å². The molecule has 0 aromatic rings. The summed E-state index contributed by atoms with van der Waals surface area (Å²) in [4.78, 5) is 22.5. The van der Waals surface area contributed by atoms with E-state index in [4.69, 9.17) is 4.74 Å². The van der Waals surface area contributed by atoms with Crippen molar-refractivity contribution in [3.05, 3.63) is 0 Å². The van der Waals surface area contributed by atoms with Gasteiger partial charge >= 0.3 is 5.97 Å². The largest absolute Gasteiger partial charge is 0.467 e. The maximum atomic E-state index is 11.5. The lowest BCUT2D eigenvalue weighted by molar-refractivity contribution is -0.142. The lowest BCUT2D eigenvalue weighted by Gasteiger charge is -1.98. The van der Waals surface area contributed by atoms with Gasteiger partial charge in [0.25, 0.3) is 0 Å². The normalized spacial score (nSPS) is 22.9. The summed E-state index contributed by atoms with van der Waals surface area (Å²) in [6, 6.07) is 0. The number of esters is 1. The van der Waals surface area contributed by atoms with Gasteiger partial charge in [0.05, 0.1) is 7.11 Å². The summed E-state index contributed by atoms with van der Waals surface area (Å²) in [5.74, 6) is 0.358. The van der Waals surface area contributed by atoms with Crippen LogP contribution in [0.15, 0.2) is 0 Å². The number of methoxy groups -OCH3 is 1. The Morgan fingerprint density at radius 3 is 2.62 bits per heavy atom. The van der Waals surface area contributed by atoms with Crippen LogP contribution >= 0.6 is 11.8 Å². The van der Waals surface area contributed by atoms with E-state index < -0.39 is 18.2 Å². The summed E-state index contributed by atoms with van der Waals surface area (Å²) in [5.41, 5.74) is 0. The SMILES string of the molecule is CCCCCCSC(=O)C1OC1C(=O)OC. The fourth-order valence-electron chi connectivity index (χ4n) is 1.37. The first-order valence-electron chi connectivity index (χ1n) is 5.60. The van der Waals surface area contributed by atoms with Crippen LogP contribution in [-0.4, -0.2) is 36.2 Å². The number of hydrogen-bond acceptors (Lipinski definition) is 5. The number of thioether (sulfide) groups is 1. The van der Waals surface area contributed by atoms with E-state index in [1.807, 2.05) is 0 Å². The second-order valence-electron chi connectivity index (χ2n) is 3.73. The fraction of sp³-hybridized carbons (Fsp3) is 0.818. The minimum atomic E-state index is -0.652. The highest BCUT2D eigenvalue weighted by atomic mass is 32.2. The smallest absolute Gasteiger partial charge is 0.338 e. The van der Waals surface area contributed by atoms with E-state index in [1.165, 1.54) is 31.7 Å². The van der Waals surface area contributed by atoms with E-state index in [2.05, 4.69) is 11.7 Å². The average Bonchev–Trinajstić information content (AvgIpc) is 3.07. The molecule has 0 saturated carbocycles. The van der Waals surface area contributed by atoms with Crippen molar-refractivity contribution in [2.75, 3.05) is 12.9 Å². The molecule has 2 atom stereocenters. The Balaban J connectivity index is 2.07. The van der Waals surface area contributed by atoms with Crippen LogP contribution in [0.3, 0.4) is 0 Å². The molecule has 1 aliphatic heterocycles. The van der Waals surface area contributed by atoms with Crippen molar-refractivity contribution < 1.29 is 19.1 Å². The summed E-state index contributed by atoms with van der Waals surface area (Å²) >= 11 is 1.26. The maximum absolute atomic E-state index is 11.5. The highest BCUT2D eigenvalue weighted by molar-refractivity contribution is 8.13. The fourth-order valence-corrected chi connectivity index (χ4v) is 2.26. The van der Waals surface area contributed by atoms with Gasteiger partial charge in [-0.25, -0.2) is 4.79 Å². The van der Waals surface area contributed by atoms with Gasteiger partial charge in [0.1, 0.15) is 0 Å². The topological polar surface area (TPSA) is 55.9 Å². The number of ether oxygens (including phenoxy) is 2. The van der Waals surface area contributed by atoms with Crippen molar-refractivity contribution >= 4 is 22.8 Å². The molecule has 92 valence electrons. The highest BCUT2D eigenvalue weighted by Gasteiger charge is 2.51. The van der Waals surface area contributed by atoms with Crippen molar-refractivity contribution in [1.29, 1.82) is 0 Å². The van der Waals surface area contributed by atoms with Crippen molar-refractivity contribution in [1.82, 2.24) is 0 Å². The zero-order valence-corrected chi connectivity index (χ0v) is 10.5. The Kier molecular flexibility index (Phi) is 5.84. The van der Waals surface area contributed by atoms with Crippen LogP contribution in [0, 0.1) is 0 Å². The first kappa shape index (κ1) is 13.5. The molecule has 5 heteroatoms. The second-order valence-corrected chi connectivity index (χ2v) is 4.83. The predicted octanol–water partition coefficient (Wildman–Crippen LogP) is 1.77. The zero-order valence-electron chi connectivity index (χ0n) is 9.73. The molecule has 4 nitrogen and oxygen atoms in total. The molecule has 1 aliphatic rings. The summed E-state index contributed by atoms with van der Waals surface area (Å²) < 4.78 is 9.45. The molecule has 0 aromatic heterocycles. The summed E-state index contributed by atoms with van der Waals surface area (Å²) in [6.45, 7) is 2.15. The lowest BCUT2D eigenvalue weighted by Crippen LogP contribution is -2.15. The standard InChI is InChI=1S/C11H18O4S/c1-3-4-5-6-7-16-11(13)9-8(15-9)10(12)14-2/h8-9H,3-7H2,1-2H3. The van der Waals surface area contributed by atoms with Gasteiger partial charge in [-0.15, -0.1) is 0 Å². The molecule has 0 N–H and O–H groups in total. The molecular formula is C11H18O4S. The molecule has 0 amide bonds. The molecule has 2 unspecified atom stereocenters. The van der Waals surface area contributed by atoms with Crippen LogP contribution < -0.4 is 0 Å². The Labute approximate surface area is 100 Å². The minimum Gasteiger partial charge on any atom is -0.467 e. The van der Waals surface area contributed by atoms with Gasteiger partial charge in [-0.2, -0.15) is 0 Å². The molecule has 0 radical (unpaired) electrons. The van der Waals surface area contributed by atoms with E-state index in [-0.39, 0.29) is 5.12 Å². The van der Waals surface area contributed by atoms with Gasteiger partial charge in [-0.3, -0.25) is 4.79 Å². The molecule has 16 heavy (non-hydrogen) atoms. The highest BCUT2D eigenvalue weighted by Crippen LogP contribution is 2.28. The monoisotopic (exact) mass is 246 g/mol. The average molecular weight is 246 g/mol. The third kappa shape index (κ3) is 4.14. The van der Waals surface area contributed by atoms with Crippen LogP contribution in [0.4, 0.5) is 0 Å². The molecule has 0 spiro atoms. The first-order chi connectivity index (χ1) is 7.70. The second kappa shape index (κ2) is 6.91. The first-order valence-corrected chi connectivity index (χ1v) is 6.59. The van der Waals surface area contributed by atoms with E-state index in [9.17, 15) is 9.59 Å². The Morgan fingerprint density at radius 2 is 2.00 bits per heavy atom. The number of hydrogen-bond donors (Lipinski definition) is 0. The van der Waals surface area contributed by atoms with Crippen LogP contribution in [0.1, 0.15) is 32.6 Å². The van der Waals surface area contributed by atoms with E-state index in [1.54, 1.807) is 0 Å². The lowest BCUT2D eigenvalue weighted by atomic mass is 10.2. The van der Waals surface area contributed by atoms with Crippen molar-refractivity contribution in [2.24, 2.45) is 0 Å². The van der Waals surface area contributed by atoms with Gasteiger partial charge in [-0.1, -0.05) is 37.9 Å². The number of epoxide rings is 1. The quantitative estimate of drug-likeness (QED) is 0.389. The third-order valence-electron chi connectivity index (χ3n) is 2.40.